The van der Waals surface area contributed by atoms with Crippen molar-refractivity contribution >= 4 is 41.3 Å². The number of non-ortho nitro benzene ring substituents is 1. The lowest BCUT2D eigenvalue weighted by atomic mass is 10.1. The van der Waals surface area contributed by atoms with E-state index in [0.717, 1.165) is 39.7 Å². The molecule has 1 N–H and O–H groups in total. The van der Waals surface area contributed by atoms with Gasteiger partial charge in [-0.1, -0.05) is 6.07 Å². The first-order valence-electron chi connectivity index (χ1n) is 9.24. The van der Waals surface area contributed by atoms with Crippen molar-refractivity contribution in [2.75, 3.05) is 11.5 Å². The Morgan fingerprint density at radius 1 is 1.31 bits per heavy atom. The lowest BCUT2D eigenvalue weighted by Gasteiger charge is -2.19. The van der Waals surface area contributed by atoms with Gasteiger partial charge < -0.3 is 4.57 Å². The maximum Gasteiger partial charge on any atom is 0.271 e. The topological polar surface area (TPSA) is 89.5 Å². The fourth-order valence-electron chi connectivity index (χ4n) is 3.41. The molecule has 0 saturated carbocycles. The molecule has 0 aliphatic carbocycles. The van der Waals surface area contributed by atoms with Gasteiger partial charge in [0.15, 0.2) is 0 Å². The lowest BCUT2D eigenvalue weighted by molar-refractivity contribution is -0.384. The molecular weight excluding hydrogens is 408 g/mol. The summed E-state index contributed by atoms with van der Waals surface area (Å²) in [7, 11) is 0. The third kappa shape index (κ3) is 4.84. The molecule has 1 aromatic heterocycles. The molecule has 154 valence electrons. The quantitative estimate of drug-likeness (QED) is 0.416. The van der Waals surface area contributed by atoms with E-state index in [1.54, 1.807) is 18.3 Å². The van der Waals surface area contributed by atoms with E-state index in [4.69, 9.17) is 0 Å². The third-order valence-corrected chi connectivity index (χ3v) is 8.18. The van der Waals surface area contributed by atoms with Crippen molar-refractivity contribution in [1.29, 1.82) is 0 Å². The molecule has 2 aromatic rings. The van der Waals surface area contributed by atoms with Crippen molar-refractivity contribution in [2.45, 2.75) is 38.2 Å². The van der Waals surface area contributed by atoms with Crippen LogP contribution in [0.1, 0.15) is 35.9 Å². The Bertz CT molecular complexity index is 978. The van der Waals surface area contributed by atoms with Crippen molar-refractivity contribution in [1.82, 2.24) is 9.99 Å². The Hall–Kier alpha value is -2.26. The highest BCUT2D eigenvalue weighted by atomic mass is 32.2. The highest BCUT2D eigenvalue weighted by Gasteiger charge is 2.32. The maximum atomic E-state index is 12.2. The number of nitrogens with zero attached hydrogens (tertiary/aromatic N) is 3. The first-order chi connectivity index (χ1) is 13.7. The molecule has 1 aromatic carbocycles. The Balaban J connectivity index is 1.78. The number of hydrazone groups is 1. The molecule has 3 rings (SSSR count). The molecule has 0 atom stereocenters. The summed E-state index contributed by atoms with van der Waals surface area (Å²) in [6, 6.07) is 6.79. The first-order valence-corrected chi connectivity index (χ1v) is 11.2. The minimum absolute atomic E-state index is 0.0525. The summed E-state index contributed by atoms with van der Waals surface area (Å²) in [5.41, 5.74) is 7.06. The smallest absolute Gasteiger partial charge is 0.271 e. The average molecular weight is 433 g/mol. The number of carbonyl (C=O) groups excluding carboxylic acids is 1. The van der Waals surface area contributed by atoms with Crippen LogP contribution in [0.2, 0.25) is 0 Å². The van der Waals surface area contributed by atoms with Gasteiger partial charge in [-0.05, 0) is 39.3 Å². The molecule has 9 heteroatoms. The van der Waals surface area contributed by atoms with Gasteiger partial charge in [0.05, 0.1) is 27.3 Å². The summed E-state index contributed by atoms with van der Waals surface area (Å²) in [5, 5.41) is 15.3. The summed E-state index contributed by atoms with van der Waals surface area (Å²) in [4.78, 5) is 23.0. The molecule has 1 amide bonds. The zero-order valence-corrected chi connectivity index (χ0v) is 18.5. The summed E-state index contributed by atoms with van der Waals surface area (Å²) in [6.07, 6.45) is 2.05. The Labute approximate surface area is 178 Å². The van der Waals surface area contributed by atoms with E-state index >= 15 is 0 Å². The number of nitro benzene ring substituents is 1. The molecule has 1 aliphatic heterocycles. The summed E-state index contributed by atoms with van der Waals surface area (Å²) in [5.74, 6) is 2.04. The number of thioether (sulfide) groups is 2. The average Bonchev–Trinajstić information content (AvgIpc) is 3.19. The number of aromatic nitrogens is 1. The van der Waals surface area contributed by atoms with Crippen LogP contribution in [0.25, 0.3) is 5.69 Å². The van der Waals surface area contributed by atoms with Crippen molar-refractivity contribution in [2.24, 2.45) is 5.10 Å². The van der Waals surface area contributed by atoms with Crippen LogP contribution in [0.4, 0.5) is 5.69 Å². The third-order valence-electron chi connectivity index (χ3n) is 4.89. The summed E-state index contributed by atoms with van der Waals surface area (Å²) in [6.45, 7) is 7.89. The predicted octanol–water partition coefficient (Wildman–Crippen LogP) is 4.35. The highest BCUT2D eigenvalue weighted by Crippen LogP contribution is 2.45. The second-order valence-electron chi connectivity index (χ2n) is 7.19. The van der Waals surface area contributed by atoms with E-state index in [-0.39, 0.29) is 15.7 Å². The predicted molar refractivity (Wildman–Crippen MR) is 120 cm³/mol. The van der Waals surface area contributed by atoms with E-state index in [9.17, 15) is 14.9 Å². The number of rotatable bonds is 6. The zero-order valence-electron chi connectivity index (χ0n) is 16.9. The van der Waals surface area contributed by atoms with E-state index in [1.807, 2.05) is 54.9 Å². The van der Waals surface area contributed by atoms with E-state index < -0.39 is 4.92 Å². The minimum Gasteiger partial charge on any atom is -0.317 e. The SMILES string of the molecule is Cc1ccc([N+](=O)[O-])cc1-n1c(C)cc(/C=N\NC(=O)CC2(C)SCCS2)c1C. The van der Waals surface area contributed by atoms with E-state index in [0.29, 0.717) is 6.42 Å². The highest BCUT2D eigenvalue weighted by molar-refractivity contribution is 8.21. The van der Waals surface area contributed by atoms with Gasteiger partial charge in [-0.25, -0.2) is 5.43 Å². The van der Waals surface area contributed by atoms with E-state index in [1.165, 1.54) is 6.07 Å². The van der Waals surface area contributed by atoms with Crippen molar-refractivity contribution in [3.63, 3.8) is 0 Å². The fourth-order valence-corrected chi connectivity index (χ4v) is 6.24. The molecule has 0 spiro atoms. The molecule has 1 saturated heterocycles. The second kappa shape index (κ2) is 8.62. The molecule has 29 heavy (non-hydrogen) atoms. The van der Waals surface area contributed by atoms with Gasteiger partial charge in [-0.15, -0.1) is 23.5 Å². The number of benzene rings is 1. The van der Waals surface area contributed by atoms with Crippen molar-refractivity contribution in [3.8, 4) is 5.69 Å². The molecule has 0 bridgehead atoms. The number of carbonyl (C=O) groups is 1. The largest absolute Gasteiger partial charge is 0.317 e. The van der Waals surface area contributed by atoms with Gasteiger partial charge >= 0.3 is 0 Å². The molecule has 2 heterocycles. The molecule has 0 unspecified atom stereocenters. The molecule has 7 nitrogen and oxygen atoms in total. The fraction of sp³-hybridized carbons (Fsp3) is 0.400. The standard InChI is InChI=1S/C20H24N4O3S2/c1-13-5-6-17(24(26)27)10-18(13)23-14(2)9-16(15(23)3)12-21-22-19(25)11-20(4)28-7-8-29-20/h5-6,9-10,12H,7-8,11H2,1-4H3,(H,22,25)/b21-12-. The number of nitrogens with one attached hydrogen (secondary N) is 1. The molecule has 1 aliphatic rings. The van der Waals surface area contributed by atoms with Crippen LogP contribution in [-0.4, -0.2) is 37.2 Å². The number of nitro groups is 1. The maximum absolute atomic E-state index is 12.2. The lowest BCUT2D eigenvalue weighted by Crippen LogP contribution is -2.26. The van der Waals surface area contributed by atoms with Gasteiger partial charge in [0.25, 0.3) is 5.69 Å². The van der Waals surface area contributed by atoms with Crippen LogP contribution < -0.4 is 5.43 Å². The van der Waals surface area contributed by atoms with Crippen molar-refractivity contribution < 1.29 is 9.72 Å². The monoisotopic (exact) mass is 432 g/mol. The number of hydrogen-bond donors (Lipinski definition) is 1. The van der Waals surface area contributed by atoms with Gasteiger partial charge in [-0.3, -0.25) is 14.9 Å². The van der Waals surface area contributed by atoms with Crippen molar-refractivity contribution in [3.05, 3.63) is 56.9 Å². The Morgan fingerprint density at radius 2 is 2.00 bits per heavy atom. The van der Waals surface area contributed by atoms with Crippen LogP contribution in [0.15, 0.2) is 29.4 Å². The van der Waals surface area contributed by atoms with Crippen LogP contribution in [-0.2, 0) is 4.79 Å². The van der Waals surface area contributed by atoms with Crippen LogP contribution in [0, 0.1) is 30.9 Å². The van der Waals surface area contributed by atoms with Crippen LogP contribution in [0.5, 0.6) is 0 Å². The Kier molecular flexibility index (Phi) is 6.38. The van der Waals surface area contributed by atoms with Gasteiger partial charge in [0.2, 0.25) is 5.91 Å². The number of amides is 1. The van der Waals surface area contributed by atoms with E-state index in [2.05, 4.69) is 17.5 Å². The molecule has 1 fully saturated rings. The van der Waals surface area contributed by atoms with Gasteiger partial charge in [0, 0.05) is 40.6 Å². The van der Waals surface area contributed by atoms with Gasteiger partial charge in [-0.2, -0.15) is 5.10 Å². The second-order valence-corrected chi connectivity index (χ2v) is 10.6. The first kappa shape index (κ1) is 21.4. The molecule has 0 radical (unpaired) electrons. The number of hydrogen-bond acceptors (Lipinski definition) is 6. The zero-order chi connectivity index (χ0) is 21.2. The number of aryl methyl sites for hydroxylation is 2. The van der Waals surface area contributed by atoms with Crippen LogP contribution in [0.3, 0.4) is 0 Å². The normalized spacial score (nSPS) is 15.7. The van der Waals surface area contributed by atoms with Crippen LogP contribution >= 0.6 is 23.5 Å². The Morgan fingerprint density at radius 3 is 2.66 bits per heavy atom. The summed E-state index contributed by atoms with van der Waals surface area (Å²) < 4.78 is 1.90. The summed E-state index contributed by atoms with van der Waals surface area (Å²) >= 11 is 3.62. The minimum atomic E-state index is -0.392. The molecular formula is C20H24N4O3S2. The van der Waals surface area contributed by atoms with Gasteiger partial charge in [0.1, 0.15) is 0 Å².